The zero-order valence-corrected chi connectivity index (χ0v) is 12.8. The molecule has 0 bridgehead atoms. The van der Waals surface area contributed by atoms with Crippen LogP contribution in [0.2, 0.25) is 0 Å². The number of nitrogens with two attached hydrogens (primary N) is 1. The van der Waals surface area contributed by atoms with Gasteiger partial charge in [0, 0.05) is 25.3 Å². The Kier molecular flexibility index (Phi) is 6.21. The van der Waals surface area contributed by atoms with Crippen molar-refractivity contribution in [1.82, 2.24) is 5.32 Å². The second-order valence-corrected chi connectivity index (χ2v) is 5.84. The minimum atomic E-state index is -0.0278. The number of hydrogen-bond donors (Lipinski definition) is 2. The normalized spacial score (nSPS) is 17.4. The fraction of sp³-hybridized carbons (Fsp3) is 0.588. The molecule has 0 radical (unpaired) electrons. The molecule has 1 aliphatic carbocycles. The third-order valence-corrected chi connectivity index (χ3v) is 4.32. The first kappa shape index (κ1) is 16.0. The second-order valence-electron chi connectivity index (χ2n) is 5.84. The van der Waals surface area contributed by atoms with Crippen LogP contribution >= 0.6 is 0 Å². The zero-order valence-electron chi connectivity index (χ0n) is 12.8. The predicted molar refractivity (Wildman–Crippen MR) is 84.0 cm³/mol. The van der Waals surface area contributed by atoms with E-state index in [-0.39, 0.29) is 11.9 Å². The smallest absolute Gasteiger partial charge is 0.251 e. The Balaban J connectivity index is 1.94. The molecule has 1 fully saturated rings. The van der Waals surface area contributed by atoms with Gasteiger partial charge in [0.05, 0.1) is 6.61 Å². The van der Waals surface area contributed by atoms with Crippen LogP contribution in [0.25, 0.3) is 0 Å². The van der Waals surface area contributed by atoms with Crippen molar-refractivity contribution in [3.8, 4) is 0 Å². The van der Waals surface area contributed by atoms with Crippen molar-refractivity contribution >= 4 is 5.91 Å². The molecular formula is C17H26N2O2. The Morgan fingerprint density at radius 1 is 1.29 bits per heavy atom. The maximum Gasteiger partial charge on any atom is 0.251 e. The van der Waals surface area contributed by atoms with E-state index in [4.69, 9.17) is 10.5 Å². The molecule has 1 aromatic carbocycles. The van der Waals surface area contributed by atoms with Gasteiger partial charge in [-0.3, -0.25) is 4.79 Å². The van der Waals surface area contributed by atoms with Crippen LogP contribution in [-0.4, -0.2) is 25.6 Å². The molecule has 0 heterocycles. The van der Waals surface area contributed by atoms with E-state index in [1.165, 1.54) is 32.1 Å². The van der Waals surface area contributed by atoms with Crippen LogP contribution in [0, 0.1) is 5.92 Å². The molecule has 1 atom stereocenters. The molecule has 0 saturated heterocycles. The van der Waals surface area contributed by atoms with Gasteiger partial charge in [0.2, 0.25) is 0 Å². The molecule has 3 N–H and O–H groups in total. The van der Waals surface area contributed by atoms with Crippen LogP contribution in [-0.2, 0) is 11.3 Å². The highest BCUT2D eigenvalue weighted by atomic mass is 16.5. The van der Waals surface area contributed by atoms with Crippen LogP contribution in [0.4, 0.5) is 0 Å². The lowest BCUT2D eigenvalue weighted by molar-refractivity contribution is 0.0915. The van der Waals surface area contributed by atoms with Crippen molar-refractivity contribution in [2.24, 2.45) is 11.7 Å². The molecule has 1 amide bonds. The van der Waals surface area contributed by atoms with Gasteiger partial charge < -0.3 is 15.8 Å². The third kappa shape index (κ3) is 4.55. The van der Waals surface area contributed by atoms with Crippen LogP contribution < -0.4 is 11.1 Å². The van der Waals surface area contributed by atoms with E-state index >= 15 is 0 Å². The van der Waals surface area contributed by atoms with Crippen LogP contribution in [0.3, 0.4) is 0 Å². The lowest BCUT2D eigenvalue weighted by atomic mass is 9.84. The van der Waals surface area contributed by atoms with E-state index < -0.39 is 0 Å². The van der Waals surface area contributed by atoms with Crippen LogP contribution in [0.1, 0.15) is 48.0 Å². The maximum atomic E-state index is 12.3. The maximum absolute atomic E-state index is 12.3. The van der Waals surface area contributed by atoms with E-state index in [9.17, 15) is 4.79 Å². The van der Waals surface area contributed by atoms with Gasteiger partial charge in [-0.2, -0.15) is 0 Å². The highest BCUT2D eigenvalue weighted by Crippen LogP contribution is 2.26. The van der Waals surface area contributed by atoms with Gasteiger partial charge in [-0.15, -0.1) is 0 Å². The number of carbonyl (C=O) groups excluding carboxylic acids is 1. The lowest BCUT2D eigenvalue weighted by Gasteiger charge is -2.30. The highest BCUT2D eigenvalue weighted by Gasteiger charge is 2.24. The molecule has 0 aromatic heterocycles. The van der Waals surface area contributed by atoms with Gasteiger partial charge in [0.25, 0.3) is 5.91 Å². The van der Waals surface area contributed by atoms with Crippen molar-refractivity contribution in [2.45, 2.75) is 44.8 Å². The summed E-state index contributed by atoms with van der Waals surface area (Å²) in [7, 11) is 1.66. The first-order valence-electron chi connectivity index (χ1n) is 7.83. The molecule has 1 aromatic rings. The second kappa shape index (κ2) is 8.15. The number of hydrogen-bond acceptors (Lipinski definition) is 3. The Morgan fingerprint density at radius 3 is 2.52 bits per heavy atom. The molecular weight excluding hydrogens is 264 g/mol. The molecule has 21 heavy (non-hydrogen) atoms. The largest absolute Gasteiger partial charge is 0.380 e. The monoisotopic (exact) mass is 290 g/mol. The number of ether oxygens (including phenoxy) is 1. The van der Waals surface area contributed by atoms with Crippen molar-refractivity contribution in [3.05, 3.63) is 35.4 Å². The molecule has 1 aliphatic rings. The Bertz CT molecular complexity index is 439. The Labute approximate surface area is 127 Å². The summed E-state index contributed by atoms with van der Waals surface area (Å²) < 4.78 is 5.07. The fourth-order valence-electron chi connectivity index (χ4n) is 3.08. The molecule has 1 saturated carbocycles. The topological polar surface area (TPSA) is 64.3 Å². The molecule has 116 valence electrons. The summed E-state index contributed by atoms with van der Waals surface area (Å²) >= 11 is 0. The molecule has 4 nitrogen and oxygen atoms in total. The molecule has 2 rings (SSSR count). The van der Waals surface area contributed by atoms with Crippen molar-refractivity contribution in [1.29, 1.82) is 0 Å². The van der Waals surface area contributed by atoms with Gasteiger partial charge in [0.15, 0.2) is 0 Å². The first-order valence-corrected chi connectivity index (χ1v) is 7.83. The average Bonchev–Trinajstić information content (AvgIpc) is 2.54. The first-order chi connectivity index (χ1) is 10.2. The van der Waals surface area contributed by atoms with Crippen molar-refractivity contribution in [2.75, 3.05) is 13.7 Å². The van der Waals surface area contributed by atoms with Gasteiger partial charge >= 0.3 is 0 Å². The molecule has 0 spiro atoms. The number of methoxy groups -OCH3 is 1. The Morgan fingerprint density at radius 2 is 1.95 bits per heavy atom. The molecule has 0 aliphatic heterocycles. The van der Waals surface area contributed by atoms with E-state index in [2.05, 4.69) is 5.32 Å². The number of amides is 1. The van der Waals surface area contributed by atoms with E-state index in [0.29, 0.717) is 24.6 Å². The Hall–Kier alpha value is -1.39. The molecule has 4 heteroatoms. The standard InChI is InChI=1S/C17H26N2O2/c1-21-12-13-7-9-15(10-8-13)17(20)19-16(11-18)14-5-3-2-4-6-14/h7-10,14,16H,2-6,11-12,18H2,1H3,(H,19,20). The quantitative estimate of drug-likeness (QED) is 0.846. The zero-order chi connectivity index (χ0) is 15.1. The summed E-state index contributed by atoms with van der Waals surface area (Å²) in [6.45, 7) is 1.08. The van der Waals surface area contributed by atoms with Gasteiger partial charge in [-0.1, -0.05) is 31.4 Å². The van der Waals surface area contributed by atoms with E-state index in [0.717, 1.165) is 5.56 Å². The fourth-order valence-corrected chi connectivity index (χ4v) is 3.08. The van der Waals surface area contributed by atoms with Gasteiger partial charge in [-0.05, 0) is 36.5 Å². The number of benzene rings is 1. The summed E-state index contributed by atoms with van der Waals surface area (Å²) in [5, 5.41) is 3.11. The average molecular weight is 290 g/mol. The third-order valence-electron chi connectivity index (χ3n) is 4.32. The number of nitrogens with one attached hydrogen (secondary N) is 1. The number of rotatable bonds is 6. The van der Waals surface area contributed by atoms with Crippen LogP contribution in [0.5, 0.6) is 0 Å². The SMILES string of the molecule is COCc1ccc(C(=O)NC(CN)C2CCCCC2)cc1. The lowest BCUT2D eigenvalue weighted by Crippen LogP contribution is -2.45. The predicted octanol–water partition coefficient (Wildman–Crippen LogP) is 2.47. The highest BCUT2D eigenvalue weighted by molar-refractivity contribution is 5.94. The van der Waals surface area contributed by atoms with E-state index in [1.807, 2.05) is 24.3 Å². The minimum absolute atomic E-state index is 0.0278. The van der Waals surface area contributed by atoms with Gasteiger partial charge in [-0.25, -0.2) is 0 Å². The van der Waals surface area contributed by atoms with Crippen molar-refractivity contribution < 1.29 is 9.53 Å². The van der Waals surface area contributed by atoms with E-state index in [1.54, 1.807) is 7.11 Å². The number of carbonyl (C=O) groups is 1. The van der Waals surface area contributed by atoms with Crippen LogP contribution in [0.15, 0.2) is 24.3 Å². The van der Waals surface area contributed by atoms with Crippen molar-refractivity contribution in [3.63, 3.8) is 0 Å². The summed E-state index contributed by atoms with van der Waals surface area (Å²) in [5.74, 6) is 0.500. The molecule has 1 unspecified atom stereocenters. The summed E-state index contributed by atoms with van der Waals surface area (Å²) in [5.41, 5.74) is 7.61. The summed E-state index contributed by atoms with van der Waals surface area (Å²) in [6, 6.07) is 7.64. The summed E-state index contributed by atoms with van der Waals surface area (Å²) in [6.07, 6.45) is 6.16. The van der Waals surface area contributed by atoms with Gasteiger partial charge in [0.1, 0.15) is 0 Å². The minimum Gasteiger partial charge on any atom is -0.380 e. The summed E-state index contributed by atoms with van der Waals surface area (Å²) in [4.78, 5) is 12.3.